The van der Waals surface area contributed by atoms with E-state index in [1.165, 1.54) is 42.1 Å². The maximum absolute atomic E-state index is 3.68. The fourth-order valence-corrected chi connectivity index (χ4v) is 2.93. The second kappa shape index (κ2) is 8.71. The van der Waals surface area contributed by atoms with Crippen LogP contribution < -0.4 is 5.32 Å². The number of rotatable bonds is 8. The Bertz CT molecular complexity index is 338. The third kappa shape index (κ3) is 5.53. The Morgan fingerprint density at radius 3 is 2.50 bits per heavy atom. The van der Waals surface area contributed by atoms with Gasteiger partial charge in [-0.2, -0.15) is 0 Å². The molecule has 0 bridgehead atoms. The summed E-state index contributed by atoms with van der Waals surface area (Å²) < 4.78 is 1.20. The molecule has 0 aliphatic rings. The number of halogens is 1. The first kappa shape index (κ1) is 15.7. The largest absolute Gasteiger partial charge is 0.308 e. The fourth-order valence-electron chi connectivity index (χ4n) is 2.30. The molecule has 0 saturated heterocycles. The fraction of sp³-hybridized carbons (Fsp3) is 0.625. The summed E-state index contributed by atoms with van der Waals surface area (Å²) in [5.74, 6) is 0. The minimum Gasteiger partial charge on any atom is -0.308 e. The van der Waals surface area contributed by atoms with Gasteiger partial charge in [-0.15, -0.1) is 0 Å². The lowest BCUT2D eigenvalue weighted by Crippen LogP contribution is -2.29. The van der Waals surface area contributed by atoms with Gasteiger partial charge in [-0.3, -0.25) is 0 Å². The van der Waals surface area contributed by atoms with E-state index in [1.54, 1.807) is 0 Å². The first-order valence-electron chi connectivity index (χ1n) is 7.15. The van der Waals surface area contributed by atoms with Crippen molar-refractivity contribution in [3.63, 3.8) is 0 Å². The molecule has 0 aliphatic carbocycles. The van der Waals surface area contributed by atoms with E-state index in [0.717, 1.165) is 0 Å². The van der Waals surface area contributed by atoms with E-state index >= 15 is 0 Å². The highest BCUT2D eigenvalue weighted by molar-refractivity contribution is 9.10. The lowest BCUT2D eigenvalue weighted by Gasteiger charge is -2.21. The van der Waals surface area contributed by atoms with Crippen molar-refractivity contribution in [1.82, 2.24) is 5.32 Å². The Labute approximate surface area is 120 Å². The summed E-state index contributed by atoms with van der Waals surface area (Å²) in [7, 11) is 0. The molecular formula is C16H26BrN. The Kier molecular flexibility index (Phi) is 7.60. The van der Waals surface area contributed by atoms with Crippen molar-refractivity contribution in [3.8, 4) is 0 Å². The van der Waals surface area contributed by atoms with E-state index in [9.17, 15) is 0 Å². The number of unbranched alkanes of at least 4 members (excludes halogenated alkanes) is 3. The molecular weight excluding hydrogens is 286 g/mol. The number of benzene rings is 1. The zero-order valence-electron chi connectivity index (χ0n) is 11.9. The van der Waals surface area contributed by atoms with Crippen LogP contribution in [-0.4, -0.2) is 6.04 Å². The van der Waals surface area contributed by atoms with Crippen molar-refractivity contribution in [2.75, 3.05) is 0 Å². The minimum atomic E-state index is 0.404. The number of hydrogen-bond acceptors (Lipinski definition) is 1. The van der Waals surface area contributed by atoms with Crippen molar-refractivity contribution in [3.05, 3.63) is 34.3 Å². The van der Waals surface area contributed by atoms with Crippen molar-refractivity contribution < 1.29 is 0 Å². The van der Waals surface area contributed by atoms with Gasteiger partial charge >= 0.3 is 0 Å². The summed E-state index contributed by atoms with van der Waals surface area (Å²) in [5.41, 5.74) is 1.35. The SMILES string of the molecule is CCCCCCC(C)N[C@@H](C)c1ccccc1Br. The predicted octanol–water partition coefficient (Wildman–Crippen LogP) is 5.46. The highest BCUT2D eigenvalue weighted by Gasteiger charge is 2.11. The van der Waals surface area contributed by atoms with Gasteiger partial charge in [-0.25, -0.2) is 0 Å². The maximum atomic E-state index is 3.68. The topological polar surface area (TPSA) is 12.0 Å². The molecule has 0 radical (unpaired) electrons. The number of hydrogen-bond donors (Lipinski definition) is 1. The van der Waals surface area contributed by atoms with Crippen LogP contribution in [0.2, 0.25) is 0 Å². The van der Waals surface area contributed by atoms with Gasteiger partial charge in [0.15, 0.2) is 0 Å². The number of nitrogens with one attached hydrogen (secondary N) is 1. The smallest absolute Gasteiger partial charge is 0.0305 e. The maximum Gasteiger partial charge on any atom is 0.0305 e. The highest BCUT2D eigenvalue weighted by Crippen LogP contribution is 2.23. The van der Waals surface area contributed by atoms with Crippen LogP contribution in [0.4, 0.5) is 0 Å². The second-order valence-corrected chi connectivity index (χ2v) is 6.01. The van der Waals surface area contributed by atoms with E-state index in [-0.39, 0.29) is 0 Å². The molecule has 1 aromatic carbocycles. The van der Waals surface area contributed by atoms with E-state index < -0.39 is 0 Å². The molecule has 0 aliphatic heterocycles. The van der Waals surface area contributed by atoms with Crippen molar-refractivity contribution in [1.29, 1.82) is 0 Å². The lowest BCUT2D eigenvalue weighted by molar-refractivity contribution is 0.437. The van der Waals surface area contributed by atoms with Gasteiger partial charge in [-0.05, 0) is 31.9 Å². The van der Waals surface area contributed by atoms with Gasteiger partial charge in [0.25, 0.3) is 0 Å². The van der Waals surface area contributed by atoms with Crippen molar-refractivity contribution in [2.45, 2.75) is 65.0 Å². The molecule has 0 amide bonds. The molecule has 2 atom stereocenters. The van der Waals surface area contributed by atoms with Crippen LogP contribution in [0.25, 0.3) is 0 Å². The van der Waals surface area contributed by atoms with E-state index in [0.29, 0.717) is 12.1 Å². The molecule has 102 valence electrons. The summed E-state index contributed by atoms with van der Waals surface area (Å²) in [6.45, 7) is 6.79. The summed E-state index contributed by atoms with van der Waals surface area (Å²) >= 11 is 3.62. The first-order valence-corrected chi connectivity index (χ1v) is 7.95. The van der Waals surface area contributed by atoms with Gasteiger partial charge in [0.1, 0.15) is 0 Å². The van der Waals surface area contributed by atoms with Crippen LogP contribution in [0, 0.1) is 0 Å². The molecule has 0 aromatic heterocycles. The summed E-state index contributed by atoms with van der Waals surface area (Å²) in [5, 5.41) is 3.68. The minimum absolute atomic E-state index is 0.404. The van der Waals surface area contributed by atoms with E-state index in [1.807, 2.05) is 0 Å². The molecule has 1 N–H and O–H groups in total. The zero-order chi connectivity index (χ0) is 13.4. The van der Waals surface area contributed by atoms with Crippen molar-refractivity contribution >= 4 is 15.9 Å². The summed E-state index contributed by atoms with van der Waals surface area (Å²) in [6.07, 6.45) is 6.66. The third-order valence-corrected chi connectivity index (χ3v) is 4.12. The van der Waals surface area contributed by atoms with E-state index in [4.69, 9.17) is 0 Å². The molecule has 18 heavy (non-hydrogen) atoms. The summed E-state index contributed by atoms with van der Waals surface area (Å²) in [4.78, 5) is 0. The third-order valence-electron chi connectivity index (χ3n) is 3.40. The molecule has 0 saturated carbocycles. The normalized spacial score (nSPS) is 14.4. The van der Waals surface area contributed by atoms with Crippen LogP contribution in [-0.2, 0) is 0 Å². The van der Waals surface area contributed by atoms with E-state index in [2.05, 4.69) is 66.3 Å². The molecule has 0 heterocycles. The zero-order valence-corrected chi connectivity index (χ0v) is 13.5. The van der Waals surface area contributed by atoms with Crippen LogP contribution in [0.1, 0.15) is 64.5 Å². The van der Waals surface area contributed by atoms with Gasteiger partial charge < -0.3 is 5.32 Å². The van der Waals surface area contributed by atoms with Crippen LogP contribution in [0.3, 0.4) is 0 Å². The van der Waals surface area contributed by atoms with Gasteiger partial charge in [0.2, 0.25) is 0 Å². The van der Waals surface area contributed by atoms with Crippen LogP contribution in [0.5, 0.6) is 0 Å². The highest BCUT2D eigenvalue weighted by atomic mass is 79.9. The second-order valence-electron chi connectivity index (χ2n) is 5.16. The average molecular weight is 312 g/mol. The van der Waals surface area contributed by atoms with Gasteiger partial charge in [-0.1, -0.05) is 66.7 Å². The quantitative estimate of drug-likeness (QED) is 0.629. The van der Waals surface area contributed by atoms with Crippen LogP contribution in [0.15, 0.2) is 28.7 Å². The van der Waals surface area contributed by atoms with Gasteiger partial charge in [0, 0.05) is 16.6 Å². The standard InChI is InChI=1S/C16H26BrN/c1-4-5-6-7-10-13(2)18-14(3)15-11-8-9-12-16(15)17/h8-9,11-14,18H,4-7,10H2,1-3H3/t13?,14-/m0/s1. The Hall–Kier alpha value is -0.340. The van der Waals surface area contributed by atoms with Gasteiger partial charge in [0.05, 0.1) is 0 Å². The molecule has 1 aromatic rings. The monoisotopic (exact) mass is 311 g/mol. The Morgan fingerprint density at radius 2 is 1.83 bits per heavy atom. The molecule has 0 spiro atoms. The predicted molar refractivity (Wildman–Crippen MR) is 83.9 cm³/mol. The molecule has 2 heteroatoms. The molecule has 0 fully saturated rings. The van der Waals surface area contributed by atoms with Crippen LogP contribution >= 0.6 is 15.9 Å². The van der Waals surface area contributed by atoms with Crippen molar-refractivity contribution in [2.24, 2.45) is 0 Å². The molecule has 1 nitrogen and oxygen atoms in total. The Morgan fingerprint density at radius 1 is 1.11 bits per heavy atom. The summed E-state index contributed by atoms with van der Waals surface area (Å²) in [6, 6.07) is 9.45. The average Bonchev–Trinajstić information content (AvgIpc) is 2.35. The lowest BCUT2D eigenvalue weighted by atomic mass is 10.0. The molecule has 1 rings (SSSR count). The molecule has 1 unspecified atom stereocenters. The first-order chi connectivity index (χ1) is 8.65. The Balaban J connectivity index is 2.35.